The van der Waals surface area contributed by atoms with E-state index in [0.29, 0.717) is 31.3 Å². The van der Waals surface area contributed by atoms with E-state index in [-0.39, 0.29) is 5.56 Å². The predicted octanol–water partition coefficient (Wildman–Crippen LogP) is 1.97. The molecule has 2 aliphatic rings. The minimum atomic E-state index is -2.88. The minimum absolute atomic E-state index is 0.0168. The summed E-state index contributed by atoms with van der Waals surface area (Å²) < 4.78 is 38.5. The van der Waals surface area contributed by atoms with Crippen LogP contribution in [0.2, 0.25) is 0 Å². The maximum atomic E-state index is 13.7. The summed E-state index contributed by atoms with van der Waals surface area (Å²) in [5, 5.41) is 3.28. The highest BCUT2D eigenvalue weighted by atomic mass is 19.3. The van der Waals surface area contributed by atoms with Gasteiger partial charge in [-0.15, -0.1) is 0 Å². The van der Waals surface area contributed by atoms with E-state index in [2.05, 4.69) is 10.2 Å². The Balaban J connectivity index is 1.92. The van der Waals surface area contributed by atoms with Gasteiger partial charge in [-0.2, -0.15) is 0 Å². The number of hydrogen-bond donors (Lipinski definition) is 1. The van der Waals surface area contributed by atoms with E-state index in [1.54, 1.807) is 6.07 Å². The molecule has 2 heterocycles. The molecule has 2 aliphatic heterocycles. The molecule has 0 aliphatic carbocycles. The summed E-state index contributed by atoms with van der Waals surface area (Å²) in [4.78, 5) is 2.24. The molecular weight excluding hydrogens is 278 g/mol. The summed E-state index contributed by atoms with van der Waals surface area (Å²) in [6, 6.07) is 2.95. The predicted molar refractivity (Wildman–Crippen MR) is 75.1 cm³/mol. The summed E-state index contributed by atoms with van der Waals surface area (Å²) in [5.41, 5.74) is 0.766. The molecule has 1 saturated heterocycles. The van der Waals surface area contributed by atoms with Gasteiger partial charge in [0.25, 0.3) is 5.92 Å². The number of nitrogens with zero attached hydrogens (tertiary/aromatic N) is 1. The standard InChI is InChI=1S/C15H20F2N2O2/c1-15(16,17)12-8-11(10-19-4-2-18-3-5-19)14-13(9-12)20-6-7-21-14/h8-9,18H,2-7,10H2,1H3. The average Bonchev–Trinajstić information content (AvgIpc) is 2.47. The van der Waals surface area contributed by atoms with E-state index >= 15 is 0 Å². The van der Waals surface area contributed by atoms with Crippen LogP contribution in [0, 0.1) is 0 Å². The molecule has 4 nitrogen and oxygen atoms in total. The maximum Gasteiger partial charge on any atom is 0.270 e. The van der Waals surface area contributed by atoms with Gasteiger partial charge < -0.3 is 14.8 Å². The number of nitrogens with one attached hydrogen (secondary N) is 1. The van der Waals surface area contributed by atoms with E-state index in [9.17, 15) is 8.78 Å². The van der Waals surface area contributed by atoms with Crippen molar-refractivity contribution in [1.29, 1.82) is 0 Å². The Kier molecular flexibility index (Phi) is 3.99. The van der Waals surface area contributed by atoms with Crippen LogP contribution < -0.4 is 14.8 Å². The highest BCUT2D eigenvalue weighted by molar-refractivity contribution is 5.51. The van der Waals surface area contributed by atoms with Crippen LogP contribution in [0.3, 0.4) is 0 Å². The van der Waals surface area contributed by atoms with Crippen LogP contribution in [0.4, 0.5) is 8.78 Å². The van der Waals surface area contributed by atoms with Crippen LogP contribution in [-0.2, 0) is 12.5 Å². The van der Waals surface area contributed by atoms with Gasteiger partial charge in [0.2, 0.25) is 0 Å². The van der Waals surface area contributed by atoms with Gasteiger partial charge in [0.05, 0.1) is 0 Å². The van der Waals surface area contributed by atoms with Crippen molar-refractivity contribution in [3.63, 3.8) is 0 Å². The lowest BCUT2D eigenvalue weighted by Gasteiger charge is -2.30. The van der Waals surface area contributed by atoms with E-state index in [0.717, 1.165) is 38.7 Å². The molecule has 3 rings (SSSR count). The zero-order chi connectivity index (χ0) is 14.9. The van der Waals surface area contributed by atoms with E-state index < -0.39 is 5.92 Å². The van der Waals surface area contributed by atoms with Crippen LogP contribution >= 0.6 is 0 Å². The lowest BCUT2D eigenvalue weighted by molar-refractivity contribution is 0.0167. The van der Waals surface area contributed by atoms with Gasteiger partial charge in [-0.3, -0.25) is 4.90 Å². The van der Waals surface area contributed by atoms with Crippen molar-refractivity contribution in [2.24, 2.45) is 0 Å². The highest BCUT2D eigenvalue weighted by Crippen LogP contribution is 2.40. The normalized spacial score (nSPS) is 19.6. The Morgan fingerprint density at radius 1 is 1.19 bits per heavy atom. The third-order valence-electron chi connectivity index (χ3n) is 3.83. The fraction of sp³-hybridized carbons (Fsp3) is 0.600. The largest absolute Gasteiger partial charge is 0.486 e. The van der Waals surface area contributed by atoms with Crippen molar-refractivity contribution < 1.29 is 18.3 Å². The van der Waals surface area contributed by atoms with Gasteiger partial charge in [-0.25, -0.2) is 8.78 Å². The first kappa shape index (κ1) is 14.5. The zero-order valence-corrected chi connectivity index (χ0v) is 12.1. The second kappa shape index (κ2) is 5.77. The van der Waals surface area contributed by atoms with Crippen molar-refractivity contribution >= 4 is 0 Å². The van der Waals surface area contributed by atoms with Gasteiger partial charge in [0.1, 0.15) is 13.2 Å². The number of hydrogen-bond acceptors (Lipinski definition) is 4. The molecule has 0 aromatic heterocycles. The second-order valence-electron chi connectivity index (χ2n) is 5.57. The Morgan fingerprint density at radius 2 is 1.90 bits per heavy atom. The Morgan fingerprint density at radius 3 is 2.62 bits per heavy atom. The number of fused-ring (bicyclic) bond motifs is 1. The number of piperazine rings is 1. The van der Waals surface area contributed by atoms with Crippen molar-refractivity contribution in [3.05, 3.63) is 23.3 Å². The van der Waals surface area contributed by atoms with Crippen LogP contribution in [-0.4, -0.2) is 44.3 Å². The van der Waals surface area contributed by atoms with Crippen LogP contribution in [0.25, 0.3) is 0 Å². The fourth-order valence-corrected chi connectivity index (χ4v) is 2.71. The minimum Gasteiger partial charge on any atom is -0.486 e. The SMILES string of the molecule is CC(F)(F)c1cc(CN2CCNCC2)c2c(c1)OCCO2. The first-order valence-corrected chi connectivity index (χ1v) is 7.28. The first-order valence-electron chi connectivity index (χ1n) is 7.28. The third kappa shape index (κ3) is 3.27. The molecule has 0 saturated carbocycles. The molecule has 0 spiro atoms. The molecule has 0 unspecified atom stereocenters. The Hall–Kier alpha value is -1.40. The first-order chi connectivity index (χ1) is 10.0. The summed E-state index contributed by atoms with van der Waals surface area (Å²) in [6.45, 7) is 6.03. The van der Waals surface area contributed by atoms with Gasteiger partial charge >= 0.3 is 0 Å². The number of rotatable bonds is 3. The molecular formula is C15H20F2N2O2. The topological polar surface area (TPSA) is 33.7 Å². The Bertz CT molecular complexity index is 511. The molecule has 1 fully saturated rings. The number of alkyl halides is 2. The third-order valence-corrected chi connectivity index (χ3v) is 3.83. The van der Waals surface area contributed by atoms with Crippen LogP contribution in [0.15, 0.2) is 12.1 Å². The molecule has 116 valence electrons. The summed E-state index contributed by atoms with van der Waals surface area (Å²) in [6.07, 6.45) is 0. The lowest BCUT2D eigenvalue weighted by atomic mass is 10.0. The van der Waals surface area contributed by atoms with Crippen LogP contribution in [0.5, 0.6) is 11.5 Å². The number of benzene rings is 1. The lowest BCUT2D eigenvalue weighted by Crippen LogP contribution is -2.43. The summed E-state index contributed by atoms with van der Waals surface area (Å²) in [5.74, 6) is -1.83. The quantitative estimate of drug-likeness (QED) is 0.925. The summed E-state index contributed by atoms with van der Waals surface area (Å²) in [7, 11) is 0. The van der Waals surface area contributed by atoms with Crippen molar-refractivity contribution in [3.8, 4) is 11.5 Å². The van der Waals surface area contributed by atoms with Gasteiger partial charge in [-0.05, 0) is 12.1 Å². The van der Waals surface area contributed by atoms with Crippen LogP contribution in [0.1, 0.15) is 18.1 Å². The number of ether oxygens (including phenoxy) is 2. The molecule has 0 radical (unpaired) electrons. The highest BCUT2D eigenvalue weighted by Gasteiger charge is 2.29. The molecule has 0 bridgehead atoms. The average molecular weight is 298 g/mol. The molecule has 21 heavy (non-hydrogen) atoms. The fourth-order valence-electron chi connectivity index (χ4n) is 2.71. The molecule has 1 aromatic carbocycles. The molecule has 0 amide bonds. The summed E-state index contributed by atoms with van der Waals surface area (Å²) >= 11 is 0. The maximum absolute atomic E-state index is 13.7. The zero-order valence-electron chi connectivity index (χ0n) is 12.1. The van der Waals surface area contributed by atoms with E-state index in [4.69, 9.17) is 9.47 Å². The monoisotopic (exact) mass is 298 g/mol. The molecule has 1 N–H and O–H groups in total. The van der Waals surface area contributed by atoms with Gasteiger partial charge in [-0.1, -0.05) is 0 Å². The number of halogens is 2. The molecule has 1 aromatic rings. The smallest absolute Gasteiger partial charge is 0.270 e. The van der Waals surface area contributed by atoms with Gasteiger partial charge in [0, 0.05) is 50.8 Å². The van der Waals surface area contributed by atoms with E-state index in [1.165, 1.54) is 6.07 Å². The van der Waals surface area contributed by atoms with Gasteiger partial charge in [0.15, 0.2) is 11.5 Å². The second-order valence-corrected chi connectivity index (χ2v) is 5.57. The molecule has 0 atom stereocenters. The van der Waals surface area contributed by atoms with Crippen molar-refractivity contribution in [2.75, 3.05) is 39.4 Å². The Labute approximate surface area is 123 Å². The van der Waals surface area contributed by atoms with Crippen molar-refractivity contribution in [2.45, 2.75) is 19.4 Å². The van der Waals surface area contributed by atoms with E-state index in [1.807, 2.05) is 0 Å². The molecule has 6 heteroatoms. The van der Waals surface area contributed by atoms with Crippen molar-refractivity contribution in [1.82, 2.24) is 10.2 Å².